The molecule has 0 aliphatic carbocycles. The first kappa shape index (κ1) is 20.0. The highest BCUT2D eigenvalue weighted by Crippen LogP contribution is 2.34. The van der Waals surface area contributed by atoms with E-state index in [0.717, 1.165) is 11.5 Å². The molecule has 2 heterocycles. The van der Waals surface area contributed by atoms with Gasteiger partial charge in [0.25, 0.3) is 11.8 Å². The summed E-state index contributed by atoms with van der Waals surface area (Å²) in [6.07, 6.45) is 1.45. The zero-order valence-corrected chi connectivity index (χ0v) is 17.1. The van der Waals surface area contributed by atoms with Crippen molar-refractivity contribution in [3.63, 3.8) is 0 Å². The van der Waals surface area contributed by atoms with E-state index in [4.69, 9.17) is 16.0 Å². The predicted molar refractivity (Wildman–Crippen MR) is 108 cm³/mol. The van der Waals surface area contributed by atoms with Gasteiger partial charge in [0.15, 0.2) is 11.7 Å². The fourth-order valence-electron chi connectivity index (χ4n) is 2.65. The molecule has 1 N–H and O–H groups in total. The van der Waals surface area contributed by atoms with E-state index in [1.807, 2.05) is 20.8 Å². The molecule has 28 heavy (non-hydrogen) atoms. The van der Waals surface area contributed by atoms with Crippen LogP contribution in [-0.2, 0) is 4.79 Å². The molecule has 0 aliphatic heterocycles. The van der Waals surface area contributed by atoms with E-state index in [0.29, 0.717) is 16.5 Å². The van der Waals surface area contributed by atoms with Crippen LogP contribution in [0, 0.1) is 0 Å². The maximum Gasteiger partial charge on any atom is 0.280 e. The number of halogens is 1. The maximum atomic E-state index is 13.3. The van der Waals surface area contributed by atoms with Crippen molar-refractivity contribution in [3.05, 3.63) is 64.5 Å². The van der Waals surface area contributed by atoms with Gasteiger partial charge in [-0.2, -0.15) is 0 Å². The Labute approximate surface area is 171 Å². The van der Waals surface area contributed by atoms with Crippen molar-refractivity contribution in [1.82, 2.24) is 14.9 Å². The molecule has 0 bridgehead atoms. The number of hydrogen-bond acceptors (Lipinski definition) is 6. The van der Waals surface area contributed by atoms with Crippen molar-refractivity contribution in [1.29, 1.82) is 0 Å². The van der Waals surface area contributed by atoms with E-state index >= 15 is 0 Å². The second kappa shape index (κ2) is 8.12. The van der Waals surface area contributed by atoms with Crippen LogP contribution in [-0.4, -0.2) is 26.9 Å². The number of rotatable bonds is 5. The predicted octanol–water partition coefficient (Wildman–Crippen LogP) is 4.09. The Bertz CT molecular complexity index is 952. The normalized spacial score (nSPS) is 12.4. The summed E-state index contributed by atoms with van der Waals surface area (Å²) in [7, 11) is 0. The molecule has 1 aromatic carbocycles. The lowest BCUT2D eigenvalue weighted by Gasteiger charge is -2.32. The minimum atomic E-state index is -1.08. The van der Waals surface area contributed by atoms with Crippen molar-refractivity contribution in [3.8, 4) is 0 Å². The third kappa shape index (κ3) is 4.40. The molecule has 2 aromatic heterocycles. The van der Waals surface area contributed by atoms with Gasteiger partial charge in [-0.15, -0.1) is 5.10 Å². The van der Waals surface area contributed by atoms with Crippen molar-refractivity contribution >= 4 is 40.6 Å². The average molecular weight is 419 g/mol. The van der Waals surface area contributed by atoms with Gasteiger partial charge in [0.1, 0.15) is 5.76 Å². The van der Waals surface area contributed by atoms with E-state index in [2.05, 4.69) is 14.9 Å². The summed E-state index contributed by atoms with van der Waals surface area (Å²) in [5, 5.41) is 8.61. The number of carbonyl (C=O) groups is 2. The van der Waals surface area contributed by atoms with Gasteiger partial charge in [0.05, 0.1) is 17.0 Å². The second-order valence-electron chi connectivity index (χ2n) is 7.07. The van der Waals surface area contributed by atoms with Crippen LogP contribution in [0.4, 0.5) is 5.69 Å². The first-order chi connectivity index (χ1) is 13.3. The number of amides is 2. The van der Waals surface area contributed by atoms with Crippen LogP contribution in [0.1, 0.15) is 43.1 Å². The molecule has 3 rings (SSSR count). The highest BCUT2D eigenvalue weighted by atomic mass is 35.5. The van der Waals surface area contributed by atoms with Crippen LogP contribution in [0.15, 0.2) is 52.5 Å². The Balaban J connectivity index is 2.15. The summed E-state index contributed by atoms with van der Waals surface area (Å²) < 4.78 is 9.27. The number of nitrogens with one attached hydrogen (secondary N) is 1. The summed E-state index contributed by atoms with van der Waals surface area (Å²) >= 11 is 7.42. The third-order valence-electron chi connectivity index (χ3n) is 3.73. The number of aromatic nitrogens is 2. The van der Waals surface area contributed by atoms with Crippen LogP contribution in [0.3, 0.4) is 0 Å². The number of furan rings is 1. The molecular weight excluding hydrogens is 400 g/mol. The van der Waals surface area contributed by atoms with Crippen LogP contribution in [0.5, 0.6) is 0 Å². The monoisotopic (exact) mass is 418 g/mol. The number of nitrogens with zero attached hydrogens (tertiary/aromatic N) is 3. The van der Waals surface area contributed by atoms with Gasteiger partial charge in [-0.3, -0.25) is 14.5 Å². The second-order valence-corrected chi connectivity index (χ2v) is 8.09. The molecule has 0 saturated heterocycles. The van der Waals surface area contributed by atoms with Crippen molar-refractivity contribution in [2.45, 2.75) is 32.4 Å². The third-order valence-corrected chi connectivity index (χ3v) is 4.55. The Morgan fingerprint density at radius 3 is 2.54 bits per heavy atom. The average Bonchev–Trinajstić information content (AvgIpc) is 3.32. The Hall–Kier alpha value is -2.71. The van der Waals surface area contributed by atoms with Crippen molar-refractivity contribution < 1.29 is 14.0 Å². The smallest absolute Gasteiger partial charge is 0.280 e. The Kier molecular flexibility index (Phi) is 5.81. The summed E-state index contributed by atoms with van der Waals surface area (Å²) in [5.74, 6) is -0.607. The lowest BCUT2D eigenvalue weighted by molar-refractivity contribution is -0.124. The standard InChI is InChI=1S/C19H19ClN4O3S/c1-19(2,3)21-17(25)16(15-9-6-10-27-15)24(14-8-5-4-7-12(14)20)18(26)13-11-28-23-22-13/h4-11,16H,1-3H3,(H,21,25)/t16-/m0/s1. The van der Waals surface area contributed by atoms with Crippen LogP contribution in [0.25, 0.3) is 0 Å². The molecule has 2 amide bonds. The maximum absolute atomic E-state index is 13.3. The van der Waals surface area contributed by atoms with E-state index in [-0.39, 0.29) is 5.69 Å². The number of carbonyl (C=O) groups excluding carboxylic acids is 2. The molecule has 0 radical (unpaired) electrons. The molecule has 3 aromatic rings. The van der Waals surface area contributed by atoms with E-state index in [9.17, 15) is 9.59 Å². The highest BCUT2D eigenvalue weighted by Gasteiger charge is 2.38. The molecule has 9 heteroatoms. The number of hydrogen-bond donors (Lipinski definition) is 1. The zero-order chi connectivity index (χ0) is 20.3. The molecule has 0 aliphatic rings. The summed E-state index contributed by atoms with van der Waals surface area (Å²) in [4.78, 5) is 27.8. The minimum Gasteiger partial charge on any atom is -0.467 e. The van der Waals surface area contributed by atoms with E-state index < -0.39 is 23.4 Å². The summed E-state index contributed by atoms with van der Waals surface area (Å²) in [5.41, 5.74) is -0.0306. The molecule has 146 valence electrons. The molecule has 0 saturated carbocycles. The highest BCUT2D eigenvalue weighted by molar-refractivity contribution is 7.03. The topological polar surface area (TPSA) is 88.3 Å². The fraction of sp³-hybridized carbons (Fsp3) is 0.263. The zero-order valence-electron chi connectivity index (χ0n) is 15.5. The largest absolute Gasteiger partial charge is 0.467 e. The Morgan fingerprint density at radius 1 is 1.21 bits per heavy atom. The Morgan fingerprint density at radius 2 is 1.96 bits per heavy atom. The molecule has 0 spiro atoms. The minimum absolute atomic E-state index is 0.116. The van der Waals surface area contributed by atoms with Gasteiger partial charge < -0.3 is 9.73 Å². The quantitative estimate of drug-likeness (QED) is 0.674. The van der Waals surface area contributed by atoms with Gasteiger partial charge in [0, 0.05) is 10.9 Å². The van der Waals surface area contributed by atoms with Gasteiger partial charge in [-0.05, 0) is 56.6 Å². The summed E-state index contributed by atoms with van der Waals surface area (Å²) in [6, 6.07) is 9.02. The van der Waals surface area contributed by atoms with Gasteiger partial charge in [0.2, 0.25) is 0 Å². The van der Waals surface area contributed by atoms with E-state index in [1.54, 1.807) is 36.4 Å². The number of benzene rings is 1. The van der Waals surface area contributed by atoms with Crippen LogP contribution < -0.4 is 10.2 Å². The molecule has 7 nitrogen and oxygen atoms in total. The SMILES string of the molecule is CC(C)(C)NC(=O)[C@H](c1ccco1)N(C(=O)c1csnn1)c1ccccc1Cl. The molecular formula is C19H19ClN4O3S. The molecule has 0 fully saturated rings. The van der Waals surface area contributed by atoms with Crippen LogP contribution >= 0.6 is 23.1 Å². The van der Waals surface area contributed by atoms with E-state index in [1.165, 1.54) is 16.5 Å². The fourth-order valence-corrected chi connectivity index (χ4v) is 3.31. The van der Waals surface area contributed by atoms with Crippen LogP contribution in [0.2, 0.25) is 5.02 Å². The first-order valence-corrected chi connectivity index (χ1v) is 9.70. The molecule has 1 atom stereocenters. The summed E-state index contributed by atoms with van der Waals surface area (Å²) in [6.45, 7) is 5.57. The first-order valence-electron chi connectivity index (χ1n) is 8.48. The van der Waals surface area contributed by atoms with Crippen molar-refractivity contribution in [2.75, 3.05) is 4.90 Å². The lowest BCUT2D eigenvalue weighted by Crippen LogP contribution is -2.49. The molecule has 0 unspecified atom stereocenters. The van der Waals surface area contributed by atoms with Gasteiger partial charge >= 0.3 is 0 Å². The van der Waals surface area contributed by atoms with Crippen molar-refractivity contribution in [2.24, 2.45) is 0 Å². The number of para-hydroxylation sites is 1. The van der Waals surface area contributed by atoms with Gasteiger partial charge in [-0.25, -0.2) is 0 Å². The number of anilines is 1. The van der Waals surface area contributed by atoms with Gasteiger partial charge in [-0.1, -0.05) is 28.2 Å². The lowest BCUT2D eigenvalue weighted by atomic mass is 10.1.